The number of hydrogen-bond acceptors (Lipinski definition) is 3. The Labute approximate surface area is 112 Å². The van der Waals surface area contributed by atoms with E-state index in [1.165, 1.54) is 10.5 Å². The smallest absolute Gasteiger partial charge is 0.118 e. The highest BCUT2D eigenvalue weighted by atomic mass is 32.2. The number of rotatable bonds is 5. The van der Waals surface area contributed by atoms with Crippen LogP contribution in [0.25, 0.3) is 0 Å². The summed E-state index contributed by atoms with van der Waals surface area (Å²) in [4.78, 5) is 1.24. The predicted octanol–water partition coefficient (Wildman–Crippen LogP) is 3.49. The fourth-order valence-corrected chi connectivity index (χ4v) is 2.77. The second kappa shape index (κ2) is 6.47. The largest absolute Gasteiger partial charge is 0.497 e. The lowest BCUT2D eigenvalue weighted by Crippen LogP contribution is -2.09. The average Bonchev–Trinajstić information content (AvgIpc) is 2.46. The summed E-state index contributed by atoms with van der Waals surface area (Å²) in [7, 11) is 1.67. The molecule has 0 saturated carbocycles. The van der Waals surface area contributed by atoms with Gasteiger partial charge in [-0.15, -0.1) is 11.8 Å². The van der Waals surface area contributed by atoms with Crippen molar-refractivity contribution in [2.24, 2.45) is 5.73 Å². The fourth-order valence-electron chi connectivity index (χ4n) is 1.73. The van der Waals surface area contributed by atoms with Crippen LogP contribution < -0.4 is 10.5 Å². The van der Waals surface area contributed by atoms with Crippen LogP contribution in [0.1, 0.15) is 10.8 Å². The molecular weight excluding hydrogens is 242 g/mol. The molecule has 2 aromatic carbocycles. The Bertz CT molecular complexity index is 470. The third kappa shape index (κ3) is 3.28. The summed E-state index contributed by atoms with van der Waals surface area (Å²) in [5.74, 6) is 0.874. The lowest BCUT2D eigenvalue weighted by molar-refractivity contribution is 0.414. The Morgan fingerprint density at radius 3 is 2.28 bits per heavy atom. The van der Waals surface area contributed by atoms with E-state index in [-0.39, 0.29) is 5.25 Å². The molecule has 0 bridgehead atoms. The minimum absolute atomic E-state index is 0.276. The molecule has 1 unspecified atom stereocenters. The fraction of sp³-hybridized carbons (Fsp3) is 0.200. The Kier molecular flexibility index (Phi) is 4.67. The van der Waals surface area contributed by atoms with Gasteiger partial charge in [0.15, 0.2) is 0 Å². The Balaban J connectivity index is 2.12. The van der Waals surface area contributed by atoms with Crippen molar-refractivity contribution in [3.05, 3.63) is 60.2 Å². The zero-order valence-electron chi connectivity index (χ0n) is 10.4. The van der Waals surface area contributed by atoms with Crippen LogP contribution in [0.4, 0.5) is 0 Å². The standard InChI is InChI=1S/C15H17NOS/c1-17-13-9-7-12(8-10-13)15(11-16)18-14-5-3-2-4-6-14/h2-10,15H,11,16H2,1H3. The van der Waals surface area contributed by atoms with Gasteiger partial charge in [0.2, 0.25) is 0 Å². The van der Waals surface area contributed by atoms with Gasteiger partial charge in [-0.3, -0.25) is 0 Å². The maximum absolute atomic E-state index is 5.87. The van der Waals surface area contributed by atoms with E-state index >= 15 is 0 Å². The predicted molar refractivity (Wildman–Crippen MR) is 77.1 cm³/mol. The molecule has 0 aliphatic carbocycles. The van der Waals surface area contributed by atoms with Gasteiger partial charge in [0.1, 0.15) is 5.75 Å². The van der Waals surface area contributed by atoms with E-state index in [2.05, 4.69) is 24.3 Å². The summed E-state index contributed by atoms with van der Waals surface area (Å²) in [6.45, 7) is 0.617. The molecule has 3 heteroatoms. The van der Waals surface area contributed by atoms with Crippen LogP contribution in [-0.2, 0) is 0 Å². The van der Waals surface area contributed by atoms with Crippen molar-refractivity contribution in [2.45, 2.75) is 10.1 Å². The van der Waals surface area contributed by atoms with Gasteiger partial charge in [0.05, 0.1) is 7.11 Å². The van der Waals surface area contributed by atoms with Crippen LogP contribution in [0.3, 0.4) is 0 Å². The molecule has 1 atom stereocenters. The third-order valence-corrected chi connectivity index (χ3v) is 4.02. The number of nitrogens with two attached hydrogens (primary N) is 1. The van der Waals surface area contributed by atoms with Crippen LogP contribution >= 0.6 is 11.8 Å². The van der Waals surface area contributed by atoms with E-state index < -0.39 is 0 Å². The van der Waals surface area contributed by atoms with E-state index in [0.29, 0.717) is 6.54 Å². The van der Waals surface area contributed by atoms with Crippen molar-refractivity contribution < 1.29 is 4.74 Å². The molecule has 0 spiro atoms. The van der Waals surface area contributed by atoms with Crippen molar-refractivity contribution in [2.75, 3.05) is 13.7 Å². The summed E-state index contributed by atoms with van der Waals surface area (Å²) in [6, 6.07) is 18.4. The highest BCUT2D eigenvalue weighted by Crippen LogP contribution is 2.34. The molecule has 94 valence electrons. The highest BCUT2D eigenvalue weighted by Gasteiger charge is 2.11. The van der Waals surface area contributed by atoms with Crippen LogP contribution in [0.15, 0.2) is 59.5 Å². The van der Waals surface area contributed by atoms with Crippen molar-refractivity contribution >= 4 is 11.8 Å². The van der Waals surface area contributed by atoms with Gasteiger partial charge < -0.3 is 10.5 Å². The molecule has 0 saturated heterocycles. The van der Waals surface area contributed by atoms with E-state index in [4.69, 9.17) is 10.5 Å². The Hall–Kier alpha value is -1.45. The molecule has 18 heavy (non-hydrogen) atoms. The van der Waals surface area contributed by atoms with Crippen LogP contribution in [0, 0.1) is 0 Å². The first-order valence-corrected chi connectivity index (χ1v) is 6.77. The second-order valence-corrected chi connectivity index (χ2v) is 5.20. The van der Waals surface area contributed by atoms with Gasteiger partial charge in [-0.1, -0.05) is 30.3 Å². The molecule has 0 fully saturated rings. The van der Waals surface area contributed by atoms with E-state index in [1.54, 1.807) is 18.9 Å². The molecule has 0 amide bonds. The lowest BCUT2D eigenvalue weighted by Gasteiger charge is -2.15. The molecular formula is C15H17NOS. The molecule has 2 rings (SSSR count). The normalized spacial score (nSPS) is 12.1. The monoisotopic (exact) mass is 259 g/mol. The lowest BCUT2D eigenvalue weighted by atomic mass is 10.1. The summed E-state index contributed by atoms with van der Waals surface area (Å²) >= 11 is 1.79. The molecule has 0 heterocycles. The Morgan fingerprint density at radius 2 is 1.72 bits per heavy atom. The summed E-state index contributed by atoms with van der Waals surface area (Å²) < 4.78 is 5.16. The average molecular weight is 259 g/mol. The van der Waals surface area contributed by atoms with Crippen molar-refractivity contribution in [3.8, 4) is 5.75 Å². The molecule has 0 aromatic heterocycles. The number of thioether (sulfide) groups is 1. The first kappa shape index (κ1) is 13.0. The topological polar surface area (TPSA) is 35.2 Å². The summed E-state index contributed by atoms with van der Waals surface area (Å²) in [5, 5.41) is 0.276. The van der Waals surface area contributed by atoms with Gasteiger partial charge in [0.25, 0.3) is 0 Å². The first-order chi connectivity index (χ1) is 8.83. The highest BCUT2D eigenvalue weighted by molar-refractivity contribution is 7.99. The number of ether oxygens (including phenoxy) is 1. The van der Waals surface area contributed by atoms with E-state index in [1.807, 2.05) is 30.3 Å². The number of benzene rings is 2. The molecule has 0 radical (unpaired) electrons. The van der Waals surface area contributed by atoms with Gasteiger partial charge in [-0.05, 0) is 29.8 Å². The molecule has 0 aliphatic heterocycles. The molecule has 2 nitrogen and oxygen atoms in total. The molecule has 0 aliphatic rings. The minimum Gasteiger partial charge on any atom is -0.497 e. The maximum Gasteiger partial charge on any atom is 0.118 e. The van der Waals surface area contributed by atoms with Crippen LogP contribution in [-0.4, -0.2) is 13.7 Å². The zero-order chi connectivity index (χ0) is 12.8. The summed E-state index contributed by atoms with van der Waals surface area (Å²) in [5.41, 5.74) is 7.10. The van der Waals surface area contributed by atoms with Gasteiger partial charge in [0, 0.05) is 16.7 Å². The third-order valence-electron chi connectivity index (χ3n) is 2.72. The van der Waals surface area contributed by atoms with Crippen LogP contribution in [0.2, 0.25) is 0 Å². The number of methoxy groups -OCH3 is 1. The van der Waals surface area contributed by atoms with Gasteiger partial charge in [-0.2, -0.15) is 0 Å². The second-order valence-electron chi connectivity index (χ2n) is 3.93. The maximum atomic E-state index is 5.87. The molecule has 2 N–H and O–H groups in total. The van der Waals surface area contributed by atoms with Crippen LogP contribution in [0.5, 0.6) is 5.75 Å². The SMILES string of the molecule is COc1ccc(C(CN)Sc2ccccc2)cc1. The van der Waals surface area contributed by atoms with Crippen molar-refractivity contribution in [1.29, 1.82) is 0 Å². The van der Waals surface area contributed by atoms with Gasteiger partial charge >= 0.3 is 0 Å². The zero-order valence-corrected chi connectivity index (χ0v) is 11.2. The quantitative estimate of drug-likeness (QED) is 0.835. The summed E-state index contributed by atoms with van der Waals surface area (Å²) in [6.07, 6.45) is 0. The van der Waals surface area contributed by atoms with E-state index in [0.717, 1.165) is 5.75 Å². The molecule has 2 aromatic rings. The van der Waals surface area contributed by atoms with Crippen molar-refractivity contribution in [3.63, 3.8) is 0 Å². The van der Waals surface area contributed by atoms with Gasteiger partial charge in [-0.25, -0.2) is 0 Å². The Morgan fingerprint density at radius 1 is 1.06 bits per heavy atom. The minimum atomic E-state index is 0.276. The van der Waals surface area contributed by atoms with E-state index in [9.17, 15) is 0 Å². The number of hydrogen-bond donors (Lipinski definition) is 1. The van der Waals surface area contributed by atoms with Crippen molar-refractivity contribution in [1.82, 2.24) is 0 Å². The first-order valence-electron chi connectivity index (χ1n) is 5.89.